The Bertz CT molecular complexity index is 339. The first kappa shape index (κ1) is 14.9. The van der Waals surface area contributed by atoms with Gasteiger partial charge in [0, 0.05) is 26.7 Å². The van der Waals surface area contributed by atoms with Gasteiger partial charge < -0.3 is 19.7 Å². The fourth-order valence-electron chi connectivity index (χ4n) is 1.61. The summed E-state index contributed by atoms with van der Waals surface area (Å²) in [5, 5.41) is 7.66. The summed E-state index contributed by atoms with van der Waals surface area (Å²) in [4.78, 5) is 2.14. The van der Waals surface area contributed by atoms with Gasteiger partial charge in [-0.1, -0.05) is 0 Å². The van der Waals surface area contributed by atoms with Crippen LogP contribution in [-0.4, -0.2) is 62.7 Å². The van der Waals surface area contributed by atoms with Gasteiger partial charge in [-0.15, -0.1) is 0 Å². The minimum absolute atomic E-state index is 0.703. The second-order valence-electron chi connectivity index (χ2n) is 4.36. The SMILES string of the molecule is COCCNCc1c(OC)cnn1CCN(C)C. The molecular formula is C12H24N4O2. The molecule has 0 saturated heterocycles. The average molecular weight is 256 g/mol. The molecule has 0 fully saturated rings. The van der Waals surface area contributed by atoms with Crippen molar-refractivity contribution >= 4 is 0 Å². The van der Waals surface area contributed by atoms with Crippen molar-refractivity contribution in [2.45, 2.75) is 13.1 Å². The molecule has 1 aromatic heterocycles. The second kappa shape index (κ2) is 8.07. The highest BCUT2D eigenvalue weighted by Gasteiger charge is 2.10. The van der Waals surface area contributed by atoms with E-state index in [4.69, 9.17) is 9.47 Å². The van der Waals surface area contributed by atoms with Crippen molar-refractivity contribution in [3.8, 4) is 5.75 Å². The summed E-state index contributed by atoms with van der Waals surface area (Å²) in [6, 6.07) is 0. The maximum atomic E-state index is 5.32. The van der Waals surface area contributed by atoms with Crippen LogP contribution in [0.1, 0.15) is 5.69 Å². The number of methoxy groups -OCH3 is 2. The molecule has 0 bridgehead atoms. The minimum Gasteiger partial charge on any atom is -0.493 e. The van der Waals surface area contributed by atoms with Gasteiger partial charge in [-0.2, -0.15) is 5.10 Å². The van der Waals surface area contributed by atoms with Crippen LogP contribution in [0.5, 0.6) is 5.75 Å². The van der Waals surface area contributed by atoms with Crippen LogP contribution < -0.4 is 10.1 Å². The Morgan fingerprint density at radius 1 is 1.39 bits per heavy atom. The molecule has 0 aliphatic carbocycles. The molecule has 1 rings (SSSR count). The second-order valence-corrected chi connectivity index (χ2v) is 4.36. The lowest BCUT2D eigenvalue weighted by atomic mass is 10.3. The van der Waals surface area contributed by atoms with Crippen molar-refractivity contribution in [3.05, 3.63) is 11.9 Å². The van der Waals surface area contributed by atoms with Gasteiger partial charge in [-0.3, -0.25) is 4.68 Å². The predicted molar refractivity (Wildman–Crippen MR) is 70.9 cm³/mol. The van der Waals surface area contributed by atoms with E-state index >= 15 is 0 Å². The van der Waals surface area contributed by atoms with Crippen molar-refractivity contribution in [1.82, 2.24) is 20.0 Å². The van der Waals surface area contributed by atoms with Crippen LogP contribution in [0.15, 0.2) is 6.20 Å². The lowest BCUT2D eigenvalue weighted by Crippen LogP contribution is -2.24. The van der Waals surface area contributed by atoms with Gasteiger partial charge in [-0.25, -0.2) is 0 Å². The normalized spacial score (nSPS) is 11.2. The molecule has 1 aromatic rings. The van der Waals surface area contributed by atoms with E-state index in [1.54, 1.807) is 20.4 Å². The molecule has 0 aliphatic heterocycles. The Hall–Kier alpha value is -1.11. The largest absolute Gasteiger partial charge is 0.493 e. The number of nitrogens with one attached hydrogen (secondary N) is 1. The van der Waals surface area contributed by atoms with E-state index in [0.29, 0.717) is 6.61 Å². The van der Waals surface area contributed by atoms with E-state index in [1.807, 2.05) is 4.68 Å². The van der Waals surface area contributed by atoms with Crippen LogP contribution in [0.4, 0.5) is 0 Å². The molecule has 1 heterocycles. The molecule has 0 aliphatic rings. The Balaban J connectivity index is 2.57. The molecule has 6 nitrogen and oxygen atoms in total. The van der Waals surface area contributed by atoms with Gasteiger partial charge in [0.05, 0.1) is 32.2 Å². The summed E-state index contributed by atoms with van der Waals surface area (Å²) in [6.07, 6.45) is 1.77. The number of hydrogen-bond donors (Lipinski definition) is 1. The first-order valence-corrected chi connectivity index (χ1v) is 6.12. The summed E-state index contributed by atoms with van der Waals surface area (Å²) >= 11 is 0. The van der Waals surface area contributed by atoms with Crippen LogP contribution >= 0.6 is 0 Å². The minimum atomic E-state index is 0.703. The van der Waals surface area contributed by atoms with Crippen molar-refractivity contribution in [1.29, 1.82) is 0 Å². The molecule has 0 spiro atoms. The number of nitrogens with zero attached hydrogens (tertiary/aromatic N) is 3. The van der Waals surface area contributed by atoms with Crippen molar-refractivity contribution in [2.75, 3.05) is 48.0 Å². The van der Waals surface area contributed by atoms with Crippen LogP contribution in [0.2, 0.25) is 0 Å². The molecule has 18 heavy (non-hydrogen) atoms. The molecular weight excluding hydrogens is 232 g/mol. The first-order chi connectivity index (χ1) is 8.69. The third-order valence-electron chi connectivity index (χ3n) is 2.66. The zero-order chi connectivity index (χ0) is 13.4. The van der Waals surface area contributed by atoms with Crippen LogP contribution in [-0.2, 0) is 17.8 Å². The van der Waals surface area contributed by atoms with Gasteiger partial charge in [0.2, 0.25) is 0 Å². The summed E-state index contributed by atoms with van der Waals surface area (Å²) in [5.74, 6) is 0.832. The molecule has 1 N–H and O–H groups in total. The van der Waals surface area contributed by atoms with Crippen LogP contribution in [0, 0.1) is 0 Å². The third-order valence-corrected chi connectivity index (χ3v) is 2.66. The third kappa shape index (κ3) is 4.64. The first-order valence-electron chi connectivity index (χ1n) is 6.12. The average Bonchev–Trinajstić information content (AvgIpc) is 2.74. The fraction of sp³-hybridized carbons (Fsp3) is 0.750. The number of hydrogen-bond acceptors (Lipinski definition) is 5. The summed E-state index contributed by atoms with van der Waals surface area (Å²) in [7, 11) is 7.48. The van der Waals surface area contributed by atoms with Gasteiger partial charge in [0.1, 0.15) is 0 Å². The van der Waals surface area contributed by atoms with Gasteiger partial charge in [0.15, 0.2) is 5.75 Å². The Labute approximate surface area is 109 Å². The number of ether oxygens (including phenoxy) is 2. The Kier molecular flexibility index (Phi) is 6.70. The molecule has 104 valence electrons. The quantitative estimate of drug-likeness (QED) is 0.639. The van der Waals surface area contributed by atoms with Gasteiger partial charge in [0.25, 0.3) is 0 Å². The van der Waals surface area contributed by atoms with E-state index in [-0.39, 0.29) is 0 Å². The van der Waals surface area contributed by atoms with E-state index in [9.17, 15) is 0 Å². The number of aromatic nitrogens is 2. The zero-order valence-electron chi connectivity index (χ0n) is 11.8. The maximum Gasteiger partial charge on any atom is 0.161 e. The summed E-state index contributed by atoms with van der Waals surface area (Å²) in [5.41, 5.74) is 1.08. The standard InChI is InChI=1S/C12H24N4O2/c1-15(2)6-7-16-11(9-13-5-8-17-3)12(18-4)10-14-16/h10,13H,5-9H2,1-4H3. The Morgan fingerprint density at radius 2 is 2.17 bits per heavy atom. The van der Waals surface area contributed by atoms with Gasteiger partial charge >= 0.3 is 0 Å². The van der Waals surface area contributed by atoms with E-state index < -0.39 is 0 Å². The highest BCUT2D eigenvalue weighted by molar-refractivity contribution is 5.25. The van der Waals surface area contributed by atoms with Crippen LogP contribution in [0.3, 0.4) is 0 Å². The van der Waals surface area contributed by atoms with E-state index in [1.165, 1.54) is 0 Å². The smallest absolute Gasteiger partial charge is 0.161 e. The van der Waals surface area contributed by atoms with Crippen molar-refractivity contribution in [2.24, 2.45) is 0 Å². The number of rotatable bonds is 9. The lowest BCUT2D eigenvalue weighted by Gasteiger charge is -2.13. The monoisotopic (exact) mass is 256 g/mol. The molecule has 6 heteroatoms. The molecule has 0 aromatic carbocycles. The highest BCUT2D eigenvalue weighted by atomic mass is 16.5. The van der Waals surface area contributed by atoms with Crippen molar-refractivity contribution < 1.29 is 9.47 Å². The highest BCUT2D eigenvalue weighted by Crippen LogP contribution is 2.16. The molecule has 0 atom stereocenters. The summed E-state index contributed by atoms with van der Waals surface area (Å²) in [6.45, 7) is 4.07. The maximum absolute atomic E-state index is 5.32. The molecule has 0 saturated carbocycles. The van der Waals surface area contributed by atoms with Crippen molar-refractivity contribution in [3.63, 3.8) is 0 Å². The molecule has 0 amide bonds. The fourth-order valence-corrected chi connectivity index (χ4v) is 1.61. The molecule has 0 radical (unpaired) electrons. The van der Waals surface area contributed by atoms with Crippen LogP contribution in [0.25, 0.3) is 0 Å². The predicted octanol–water partition coefficient (Wildman–Crippen LogP) is 0.189. The van der Waals surface area contributed by atoms with E-state index in [0.717, 1.165) is 37.6 Å². The zero-order valence-corrected chi connectivity index (χ0v) is 11.8. The molecule has 0 unspecified atom stereocenters. The topological polar surface area (TPSA) is 51.5 Å². The summed E-state index contributed by atoms with van der Waals surface area (Å²) < 4.78 is 12.3. The van der Waals surface area contributed by atoms with E-state index in [2.05, 4.69) is 29.4 Å². The number of likely N-dealkylation sites (N-methyl/N-ethyl adjacent to an activating group) is 1. The van der Waals surface area contributed by atoms with Gasteiger partial charge in [-0.05, 0) is 14.1 Å². The lowest BCUT2D eigenvalue weighted by molar-refractivity contribution is 0.198. The Morgan fingerprint density at radius 3 is 2.78 bits per heavy atom.